The first-order valence-corrected chi connectivity index (χ1v) is 15.3. The van der Waals surface area contributed by atoms with Gasteiger partial charge in [0.05, 0.1) is 22.9 Å². The van der Waals surface area contributed by atoms with E-state index in [1.807, 2.05) is 5.32 Å². The average Bonchev–Trinajstić information content (AvgIpc) is 3.78. The van der Waals surface area contributed by atoms with Gasteiger partial charge in [-0.3, -0.25) is 14.4 Å². The molecule has 1 saturated heterocycles. The van der Waals surface area contributed by atoms with Crippen molar-refractivity contribution in [1.29, 1.82) is 0 Å². The third-order valence-electron chi connectivity index (χ3n) is 8.48. The third-order valence-corrected chi connectivity index (χ3v) is 8.48. The minimum absolute atomic E-state index is 0.0919. The van der Waals surface area contributed by atoms with E-state index >= 15 is 0 Å². The van der Waals surface area contributed by atoms with Gasteiger partial charge in [0.2, 0.25) is 0 Å². The van der Waals surface area contributed by atoms with Gasteiger partial charge < -0.3 is 35.2 Å². The smallest absolute Gasteiger partial charge is 0.417 e. The predicted molar refractivity (Wildman–Crippen MR) is 156 cm³/mol. The van der Waals surface area contributed by atoms with Crippen molar-refractivity contribution in [2.75, 3.05) is 31.1 Å². The first kappa shape index (κ1) is 35.2. The van der Waals surface area contributed by atoms with E-state index in [1.54, 1.807) is 13.8 Å². The molecule has 0 spiro atoms. The number of carboxylic acid groups (broad SMARTS) is 1. The lowest BCUT2D eigenvalue weighted by Gasteiger charge is -2.44. The zero-order chi connectivity index (χ0) is 34.1. The number of hydrogen-bond acceptors (Lipinski definition) is 6. The van der Waals surface area contributed by atoms with Gasteiger partial charge in [0.15, 0.2) is 5.60 Å². The Balaban J connectivity index is 1.67. The molecular weight excluding hydrogens is 621 g/mol. The monoisotopic (exact) mass is 661 g/mol. The molecule has 2 heterocycles. The Bertz CT molecular complexity index is 1340. The molecule has 3 aliphatic rings. The number of hydrogen-bond donors (Lipinski definition) is 3. The first-order chi connectivity index (χ1) is 21.4. The molecule has 0 radical (unpaired) electrons. The molecule has 2 fully saturated rings. The quantitative estimate of drug-likeness (QED) is 0.305. The summed E-state index contributed by atoms with van der Waals surface area (Å²) in [5, 5.41) is 15.3. The highest BCUT2D eigenvalue weighted by atomic mass is 19.4. The minimum Gasteiger partial charge on any atom is -0.476 e. The molecule has 256 valence electrons. The van der Waals surface area contributed by atoms with Gasteiger partial charge in [0, 0.05) is 37.8 Å². The summed E-state index contributed by atoms with van der Waals surface area (Å²) in [5.74, 6) is -3.68. The van der Waals surface area contributed by atoms with Gasteiger partial charge in [-0.25, -0.2) is 4.79 Å². The van der Waals surface area contributed by atoms with Gasteiger partial charge in [-0.2, -0.15) is 22.0 Å². The van der Waals surface area contributed by atoms with Crippen LogP contribution in [0.1, 0.15) is 75.7 Å². The van der Waals surface area contributed by atoms with Gasteiger partial charge in [0.1, 0.15) is 5.75 Å². The van der Waals surface area contributed by atoms with E-state index in [4.69, 9.17) is 4.74 Å². The molecule has 11 nitrogen and oxygen atoms in total. The van der Waals surface area contributed by atoms with Gasteiger partial charge >= 0.3 is 18.7 Å². The van der Waals surface area contributed by atoms with Crippen LogP contribution in [-0.2, 0) is 15.8 Å². The van der Waals surface area contributed by atoms with Crippen molar-refractivity contribution in [3.05, 3.63) is 23.3 Å². The zero-order valence-corrected chi connectivity index (χ0v) is 26.1. The first-order valence-electron chi connectivity index (χ1n) is 15.3. The third kappa shape index (κ3) is 7.81. The highest BCUT2D eigenvalue weighted by Gasteiger charge is 2.46. The Hall–Kier alpha value is -3.69. The number of nitrogens with zero attached hydrogens (tertiary/aromatic N) is 3. The van der Waals surface area contributed by atoms with Crippen LogP contribution in [0.25, 0.3) is 0 Å². The molecule has 0 aromatic heterocycles. The van der Waals surface area contributed by atoms with Crippen molar-refractivity contribution < 1.29 is 51.0 Å². The molecule has 1 aliphatic carbocycles. The summed E-state index contributed by atoms with van der Waals surface area (Å²) in [6.45, 7) is 5.58. The molecule has 1 saturated carbocycles. The minimum atomic E-state index is -5.02. The average molecular weight is 662 g/mol. The highest BCUT2D eigenvalue weighted by Crippen LogP contribution is 2.44. The lowest BCUT2D eigenvalue weighted by molar-refractivity contribution is -0.138. The molecule has 16 heteroatoms. The lowest BCUT2D eigenvalue weighted by Crippen LogP contribution is -2.57. The maximum Gasteiger partial charge on any atom is 0.417 e. The second-order valence-electron chi connectivity index (χ2n) is 12.7. The Labute approximate surface area is 263 Å². The van der Waals surface area contributed by atoms with Crippen LogP contribution in [0.3, 0.4) is 0 Å². The largest absolute Gasteiger partial charge is 0.476 e. The summed E-state index contributed by atoms with van der Waals surface area (Å²) < 4.78 is 74.5. The van der Waals surface area contributed by atoms with Crippen molar-refractivity contribution in [2.45, 2.75) is 102 Å². The van der Waals surface area contributed by atoms with E-state index in [9.17, 15) is 46.2 Å². The molecule has 0 bridgehead atoms. The molecular formula is C30H40F5N5O6. The van der Waals surface area contributed by atoms with Gasteiger partial charge in [-0.1, -0.05) is 0 Å². The lowest BCUT2D eigenvalue weighted by atomic mass is 9.93. The number of ether oxygens (including phenoxy) is 1. The number of likely N-dealkylation sites (tertiary alicyclic amines) is 1. The van der Waals surface area contributed by atoms with Gasteiger partial charge in [-0.15, -0.1) is 0 Å². The maximum atomic E-state index is 14.5. The van der Waals surface area contributed by atoms with Crippen molar-refractivity contribution in [3.63, 3.8) is 0 Å². The number of rotatable bonds is 11. The van der Waals surface area contributed by atoms with Crippen molar-refractivity contribution in [1.82, 2.24) is 20.4 Å². The van der Waals surface area contributed by atoms with Crippen LogP contribution < -0.4 is 20.3 Å². The van der Waals surface area contributed by atoms with Crippen molar-refractivity contribution in [3.8, 4) is 5.75 Å². The second kappa shape index (κ2) is 13.6. The van der Waals surface area contributed by atoms with Crippen LogP contribution in [0.2, 0.25) is 0 Å². The standard InChI is InChI=1S/C30H40F5N5O6/c1-16(2)40(19-8-7-18(39(15-19)28(44)45)9-10-36-17-5-6-17)26(42)20-13-22-23(14-21(20)30(33,34)35)46-29(3,4)27(43)38(22)12-11-37-25(41)24(31)32/h13-14,16-19,24,36H,5-12,15H2,1-4H3,(H,37,41)(H,44,45)/t18-,19-/m1/s1. The summed E-state index contributed by atoms with van der Waals surface area (Å²) in [6, 6.07) is 0.295. The molecule has 2 aliphatic heterocycles. The fourth-order valence-corrected chi connectivity index (χ4v) is 6.09. The fraction of sp³-hybridized carbons (Fsp3) is 0.667. The van der Waals surface area contributed by atoms with Crippen LogP contribution in [0.5, 0.6) is 5.75 Å². The number of alkyl halides is 5. The van der Waals surface area contributed by atoms with E-state index in [1.165, 1.54) is 23.6 Å². The molecule has 0 unspecified atom stereocenters. The van der Waals surface area contributed by atoms with Crippen molar-refractivity contribution >= 4 is 29.5 Å². The molecule has 4 rings (SSSR count). The predicted octanol–water partition coefficient (Wildman–Crippen LogP) is 4.09. The van der Waals surface area contributed by atoms with Gasteiger partial charge in [-0.05, 0) is 78.5 Å². The Morgan fingerprint density at radius 3 is 2.35 bits per heavy atom. The van der Waals surface area contributed by atoms with Crippen LogP contribution >= 0.6 is 0 Å². The van der Waals surface area contributed by atoms with Crippen LogP contribution in [-0.4, -0.2) is 101 Å². The number of halogens is 5. The number of fused-ring (bicyclic) bond motifs is 1. The Kier molecular flexibility index (Phi) is 10.4. The van der Waals surface area contributed by atoms with Crippen LogP contribution in [0, 0.1) is 0 Å². The zero-order valence-electron chi connectivity index (χ0n) is 26.1. The number of benzene rings is 1. The molecule has 1 aromatic carbocycles. The topological polar surface area (TPSA) is 132 Å². The number of nitrogens with one attached hydrogen (secondary N) is 2. The number of carbonyl (C=O) groups excluding carboxylic acids is 3. The van der Waals surface area contributed by atoms with E-state index in [-0.39, 0.29) is 24.0 Å². The van der Waals surface area contributed by atoms with Crippen LogP contribution in [0.15, 0.2) is 12.1 Å². The van der Waals surface area contributed by atoms with E-state index in [0.29, 0.717) is 37.9 Å². The number of piperidine rings is 1. The summed E-state index contributed by atoms with van der Waals surface area (Å²) in [4.78, 5) is 54.5. The van der Waals surface area contributed by atoms with E-state index in [0.717, 1.165) is 23.8 Å². The SMILES string of the molecule is CC(C)N(C(=O)c1cc2c(cc1C(F)(F)F)OC(C)(C)C(=O)N2CCNC(=O)C(F)F)[C@@H]1CC[C@H](CCNC2CC2)N(C(=O)O)C1. The highest BCUT2D eigenvalue weighted by molar-refractivity contribution is 6.05. The Morgan fingerprint density at radius 2 is 1.78 bits per heavy atom. The maximum absolute atomic E-state index is 14.5. The summed E-state index contributed by atoms with van der Waals surface area (Å²) in [6.07, 6.45) is -6.03. The van der Waals surface area contributed by atoms with E-state index < -0.39 is 78.3 Å². The molecule has 3 N–H and O–H groups in total. The van der Waals surface area contributed by atoms with Gasteiger partial charge in [0.25, 0.3) is 17.7 Å². The van der Waals surface area contributed by atoms with E-state index in [2.05, 4.69) is 5.32 Å². The van der Waals surface area contributed by atoms with Crippen LogP contribution in [0.4, 0.5) is 32.4 Å². The molecule has 4 amide bonds. The number of amides is 4. The number of anilines is 1. The second-order valence-corrected chi connectivity index (χ2v) is 12.7. The molecule has 2 atom stereocenters. The van der Waals surface area contributed by atoms with Crippen molar-refractivity contribution in [2.24, 2.45) is 0 Å². The summed E-state index contributed by atoms with van der Waals surface area (Å²) in [7, 11) is 0. The molecule has 1 aromatic rings. The summed E-state index contributed by atoms with van der Waals surface area (Å²) >= 11 is 0. The normalized spacial score (nSPS) is 21.2. The fourth-order valence-electron chi connectivity index (χ4n) is 6.09. The molecule has 46 heavy (non-hydrogen) atoms. The number of carbonyl (C=O) groups is 4. The summed E-state index contributed by atoms with van der Waals surface area (Å²) in [5.41, 5.74) is -3.94. The Morgan fingerprint density at radius 1 is 1.11 bits per heavy atom.